The summed E-state index contributed by atoms with van der Waals surface area (Å²) < 4.78 is 5.32. The van der Waals surface area contributed by atoms with Crippen LogP contribution in [-0.2, 0) is 6.54 Å². The Morgan fingerprint density at radius 1 is 1.42 bits per heavy atom. The molecule has 1 N–H and O–H groups in total. The Labute approximate surface area is 115 Å². The minimum atomic E-state index is 0.110. The Morgan fingerprint density at radius 3 is 2.63 bits per heavy atom. The van der Waals surface area contributed by atoms with E-state index < -0.39 is 0 Å². The highest BCUT2D eigenvalue weighted by Gasteiger charge is 2.34. The number of hydrogen-bond donors (Lipinski definition) is 1. The summed E-state index contributed by atoms with van der Waals surface area (Å²) in [6, 6.07) is 2.04. The standard InChI is InChI=1S/C15H26N2O2/c1-12(2)14-8-13(16-19-14)9-17(3)10-15(11-18)6-4-5-7-15/h8,12,18H,4-7,9-11H2,1-3H3. The van der Waals surface area contributed by atoms with Crippen LogP contribution in [0.3, 0.4) is 0 Å². The lowest BCUT2D eigenvalue weighted by Crippen LogP contribution is -2.36. The highest BCUT2D eigenvalue weighted by molar-refractivity contribution is 5.08. The summed E-state index contributed by atoms with van der Waals surface area (Å²) in [5.41, 5.74) is 1.09. The molecule has 108 valence electrons. The molecule has 0 spiro atoms. The van der Waals surface area contributed by atoms with Gasteiger partial charge in [0.2, 0.25) is 0 Å². The van der Waals surface area contributed by atoms with Gasteiger partial charge in [-0.05, 0) is 19.9 Å². The minimum Gasteiger partial charge on any atom is -0.396 e. The van der Waals surface area contributed by atoms with Crippen molar-refractivity contribution in [1.82, 2.24) is 10.1 Å². The predicted octanol–water partition coefficient (Wildman–Crippen LogP) is 2.78. The van der Waals surface area contributed by atoms with Crippen molar-refractivity contribution in [3.63, 3.8) is 0 Å². The van der Waals surface area contributed by atoms with E-state index in [1.54, 1.807) is 0 Å². The van der Waals surface area contributed by atoms with Crippen molar-refractivity contribution in [2.45, 2.75) is 52.0 Å². The maximum Gasteiger partial charge on any atom is 0.139 e. The molecule has 0 aromatic carbocycles. The van der Waals surface area contributed by atoms with Crippen LogP contribution in [0, 0.1) is 5.41 Å². The van der Waals surface area contributed by atoms with E-state index in [4.69, 9.17) is 4.52 Å². The molecule has 1 saturated carbocycles. The molecule has 1 aliphatic carbocycles. The Morgan fingerprint density at radius 2 is 2.11 bits per heavy atom. The normalized spacial score (nSPS) is 18.6. The summed E-state index contributed by atoms with van der Waals surface area (Å²) in [7, 11) is 2.10. The van der Waals surface area contributed by atoms with Crippen LogP contribution in [0.25, 0.3) is 0 Å². The van der Waals surface area contributed by atoms with Gasteiger partial charge in [0, 0.05) is 37.1 Å². The molecular weight excluding hydrogens is 240 g/mol. The summed E-state index contributed by atoms with van der Waals surface area (Å²) in [6.07, 6.45) is 4.78. The second kappa shape index (κ2) is 6.06. The molecule has 0 amide bonds. The van der Waals surface area contributed by atoms with E-state index in [1.807, 2.05) is 6.07 Å². The molecule has 4 nitrogen and oxygen atoms in total. The van der Waals surface area contributed by atoms with Gasteiger partial charge in [-0.1, -0.05) is 31.8 Å². The molecule has 0 bridgehead atoms. The number of rotatable bonds is 6. The highest BCUT2D eigenvalue weighted by atomic mass is 16.5. The van der Waals surface area contributed by atoms with E-state index in [-0.39, 0.29) is 5.41 Å². The van der Waals surface area contributed by atoms with Crippen molar-refractivity contribution in [1.29, 1.82) is 0 Å². The van der Waals surface area contributed by atoms with E-state index in [1.165, 1.54) is 12.8 Å². The Balaban J connectivity index is 1.91. The lowest BCUT2D eigenvalue weighted by atomic mass is 9.86. The van der Waals surface area contributed by atoms with Crippen LogP contribution in [0.1, 0.15) is 56.9 Å². The number of aliphatic hydroxyl groups is 1. The summed E-state index contributed by atoms with van der Waals surface area (Å²) in [4.78, 5) is 2.25. The number of hydrogen-bond acceptors (Lipinski definition) is 4. The molecule has 2 rings (SSSR count). The largest absolute Gasteiger partial charge is 0.396 e. The topological polar surface area (TPSA) is 49.5 Å². The van der Waals surface area contributed by atoms with Crippen molar-refractivity contribution >= 4 is 0 Å². The van der Waals surface area contributed by atoms with Gasteiger partial charge in [0.1, 0.15) is 5.76 Å². The van der Waals surface area contributed by atoms with Gasteiger partial charge >= 0.3 is 0 Å². The van der Waals surface area contributed by atoms with Crippen molar-refractivity contribution in [3.8, 4) is 0 Å². The zero-order chi connectivity index (χ0) is 13.9. The third kappa shape index (κ3) is 3.57. The van der Waals surface area contributed by atoms with E-state index >= 15 is 0 Å². The number of aliphatic hydroxyl groups excluding tert-OH is 1. The van der Waals surface area contributed by atoms with Gasteiger partial charge in [-0.25, -0.2) is 0 Å². The average molecular weight is 266 g/mol. The van der Waals surface area contributed by atoms with E-state index in [0.717, 1.165) is 37.4 Å². The molecule has 19 heavy (non-hydrogen) atoms. The molecule has 0 atom stereocenters. The summed E-state index contributed by atoms with van der Waals surface area (Å²) in [5, 5.41) is 13.8. The van der Waals surface area contributed by atoms with Crippen LogP contribution >= 0.6 is 0 Å². The molecule has 1 aromatic rings. The molecule has 0 aliphatic heterocycles. The highest BCUT2D eigenvalue weighted by Crippen LogP contribution is 2.38. The van der Waals surface area contributed by atoms with Gasteiger partial charge in [0.25, 0.3) is 0 Å². The van der Waals surface area contributed by atoms with Crippen molar-refractivity contribution in [2.24, 2.45) is 5.41 Å². The second-order valence-corrected chi connectivity index (χ2v) is 6.41. The van der Waals surface area contributed by atoms with Crippen molar-refractivity contribution in [3.05, 3.63) is 17.5 Å². The van der Waals surface area contributed by atoms with Gasteiger partial charge in [0.15, 0.2) is 0 Å². The lowest BCUT2D eigenvalue weighted by Gasteiger charge is -2.31. The first-order valence-electron chi connectivity index (χ1n) is 7.29. The number of nitrogens with zero attached hydrogens (tertiary/aromatic N) is 2. The van der Waals surface area contributed by atoms with Crippen LogP contribution in [0.2, 0.25) is 0 Å². The van der Waals surface area contributed by atoms with Gasteiger partial charge in [-0.2, -0.15) is 0 Å². The third-order valence-corrected chi connectivity index (χ3v) is 4.18. The maximum atomic E-state index is 9.65. The molecular formula is C15H26N2O2. The van der Waals surface area contributed by atoms with Crippen LogP contribution in [0.15, 0.2) is 10.6 Å². The first kappa shape index (κ1) is 14.5. The zero-order valence-electron chi connectivity index (χ0n) is 12.4. The van der Waals surface area contributed by atoms with Gasteiger partial charge in [0.05, 0.1) is 5.69 Å². The van der Waals surface area contributed by atoms with Crippen LogP contribution in [-0.4, -0.2) is 35.4 Å². The molecule has 1 fully saturated rings. The molecule has 0 saturated heterocycles. The van der Waals surface area contributed by atoms with Crippen LogP contribution in [0.4, 0.5) is 0 Å². The fourth-order valence-electron chi connectivity index (χ4n) is 3.07. The Hall–Kier alpha value is -0.870. The number of aromatic nitrogens is 1. The van der Waals surface area contributed by atoms with E-state index in [2.05, 4.69) is 31.0 Å². The zero-order valence-corrected chi connectivity index (χ0v) is 12.4. The van der Waals surface area contributed by atoms with Crippen molar-refractivity contribution in [2.75, 3.05) is 20.2 Å². The maximum absolute atomic E-state index is 9.65. The smallest absolute Gasteiger partial charge is 0.139 e. The third-order valence-electron chi connectivity index (χ3n) is 4.18. The van der Waals surface area contributed by atoms with Gasteiger partial charge < -0.3 is 9.63 Å². The lowest BCUT2D eigenvalue weighted by molar-refractivity contribution is 0.0855. The van der Waals surface area contributed by atoms with Gasteiger partial charge in [-0.3, -0.25) is 4.90 Å². The van der Waals surface area contributed by atoms with E-state index in [9.17, 15) is 5.11 Å². The SMILES string of the molecule is CC(C)c1cc(CN(C)CC2(CO)CCCC2)no1. The molecule has 1 aliphatic rings. The molecule has 0 radical (unpaired) electrons. The fraction of sp³-hybridized carbons (Fsp3) is 0.800. The summed E-state index contributed by atoms with van der Waals surface area (Å²) in [5.74, 6) is 1.33. The molecule has 0 unspecified atom stereocenters. The van der Waals surface area contributed by atoms with E-state index in [0.29, 0.717) is 12.5 Å². The molecule has 1 aromatic heterocycles. The second-order valence-electron chi connectivity index (χ2n) is 6.41. The fourth-order valence-corrected chi connectivity index (χ4v) is 3.07. The van der Waals surface area contributed by atoms with Crippen LogP contribution < -0.4 is 0 Å². The Bertz CT molecular complexity index is 395. The predicted molar refractivity (Wildman–Crippen MR) is 74.9 cm³/mol. The van der Waals surface area contributed by atoms with Crippen molar-refractivity contribution < 1.29 is 9.63 Å². The monoisotopic (exact) mass is 266 g/mol. The molecule has 4 heteroatoms. The van der Waals surface area contributed by atoms with Gasteiger partial charge in [-0.15, -0.1) is 0 Å². The Kier molecular flexibility index (Phi) is 4.63. The van der Waals surface area contributed by atoms with Crippen LogP contribution in [0.5, 0.6) is 0 Å². The molecule has 1 heterocycles. The first-order valence-corrected chi connectivity index (χ1v) is 7.29. The summed E-state index contributed by atoms with van der Waals surface area (Å²) in [6.45, 7) is 6.24. The quantitative estimate of drug-likeness (QED) is 0.860. The summed E-state index contributed by atoms with van der Waals surface area (Å²) >= 11 is 0. The average Bonchev–Trinajstić information content (AvgIpc) is 2.99. The first-order chi connectivity index (χ1) is 9.04. The minimum absolute atomic E-state index is 0.110.